The number of aryl methyl sites for hydroxylation is 3. The summed E-state index contributed by atoms with van der Waals surface area (Å²) in [6, 6.07) is 5.85. The van der Waals surface area contributed by atoms with Crippen molar-refractivity contribution in [3.05, 3.63) is 55.2 Å². The first-order chi connectivity index (χ1) is 9.56. The van der Waals surface area contributed by atoms with Gasteiger partial charge in [-0.05, 0) is 60.9 Å². The van der Waals surface area contributed by atoms with Crippen LogP contribution in [0.1, 0.15) is 36.8 Å². The van der Waals surface area contributed by atoms with Gasteiger partial charge in [-0.15, -0.1) is 11.3 Å². The van der Waals surface area contributed by atoms with Crippen LogP contribution in [0.4, 0.5) is 0 Å². The number of rotatable bonds is 2. The Morgan fingerprint density at radius 2 is 1.95 bits per heavy atom. The second kappa shape index (κ2) is 5.55. The van der Waals surface area contributed by atoms with Crippen LogP contribution in [0.5, 0.6) is 0 Å². The van der Waals surface area contributed by atoms with Crippen molar-refractivity contribution in [2.45, 2.75) is 26.0 Å². The van der Waals surface area contributed by atoms with Crippen LogP contribution in [0, 0.1) is 13.8 Å². The molecular formula is C16H15ClOS2. The van der Waals surface area contributed by atoms with Gasteiger partial charge in [-0.2, -0.15) is 11.8 Å². The van der Waals surface area contributed by atoms with Crippen LogP contribution in [0.2, 0.25) is 5.02 Å². The van der Waals surface area contributed by atoms with Crippen LogP contribution in [-0.2, 0) is 12.2 Å². The van der Waals surface area contributed by atoms with E-state index in [9.17, 15) is 4.79 Å². The molecule has 0 spiro atoms. The summed E-state index contributed by atoms with van der Waals surface area (Å²) in [5, 5.41) is 0.554. The maximum Gasteiger partial charge on any atom is 0.204 e. The van der Waals surface area contributed by atoms with Crippen molar-refractivity contribution >= 4 is 40.5 Å². The van der Waals surface area contributed by atoms with Crippen molar-refractivity contribution in [1.82, 2.24) is 0 Å². The van der Waals surface area contributed by atoms with Gasteiger partial charge in [-0.1, -0.05) is 11.6 Å². The molecule has 1 aromatic heterocycles. The van der Waals surface area contributed by atoms with Crippen LogP contribution >= 0.6 is 34.7 Å². The summed E-state index contributed by atoms with van der Waals surface area (Å²) in [6.45, 7) is 4.02. The Kier molecular flexibility index (Phi) is 3.93. The molecule has 0 fully saturated rings. The van der Waals surface area contributed by atoms with Gasteiger partial charge in [-0.3, -0.25) is 4.79 Å². The Hall–Kier alpha value is -0.770. The minimum atomic E-state index is 0.0579. The highest BCUT2D eigenvalue weighted by atomic mass is 35.5. The maximum atomic E-state index is 12.7. The third-order valence-corrected chi connectivity index (χ3v) is 6.24. The number of benzene rings is 1. The lowest BCUT2D eigenvalue weighted by Crippen LogP contribution is -2.01. The molecule has 20 heavy (non-hydrogen) atoms. The summed E-state index contributed by atoms with van der Waals surface area (Å²) < 4.78 is 0. The fourth-order valence-corrected chi connectivity index (χ4v) is 4.98. The van der Waals surface area contributed by atoms with E-state index in [4.69, 9.17) is 11.6 Å². The number of carbonyl (C=O) groups excluding carboxylic acids is 1. The number of hydrogen-bond donors (Lipinski definition) is 0. The first kappa shape index (κ1) is 14.2. The fraction of sp³-hybridized carbons (Fsp3) is 0.312. The molecule has 2 aromatic rings. The lowest BCUT2D eigenvalue weighted by molar-refractivity contribution is 0.104. The molecule has 1 aliphatic rings. The topological polar surface area (TPSA) is 17.1 Å². The fourth-order valence-electron chi connectivity index (χ4n) is 2.35. The third kappa shape index (κ3) is 2.54. The van der Waals surface area contributed by atoms with Crippen LogP contribution in [-0.4, -0.2) is 11.5 Å². The van der Waals surface area contributed by atoms with Gasteiger partial charge in [0.2, 0.25) is 5.78 Å². The first-order valence-electron chi connectivity index (χ1n) is 6.57. The summed E-state index contributed by atoms with van der Waals surface area (Å²) in [6.07, 6.45) is 1.08. The number of hydrogen-bond acceptors (Lipinski definition) is 3. The van der Waals surface area contributed by atoms with E-state index >= 15 is 0 Å². The second-order valence-electron chi connectivity index (χ2n) is 5.11. The highest BCUT2D eigenvalue weighted by Gasteiger charge is 2.20. The zero-order valence-corrected chi connectivity index (χ0v) is 13.8. The number of thiophene rings is 1. The molecule has 104 valence electrons. The molecule has 1 aromatic carbocycles. The second-order valence-corrected chi connectivity index (χ2v) is 7.76. The van der Waals surface area contributed by atoms with Crippen molar-refractivity contribution in [1.29, 1.82) is 0 Å². The Balaban J connectivity index is 2.00. The lowest BCUT2D eigenvalue weighted by atomic mass is 10.0. The van der Waals surface area contributed by atoms with Crippen molar-refractivity contribution in [3.63, 3.8) is 0 Å². The number of halogens is 1. The van der Waals surface area contributed by atoms with Crippen molar-refractivity contribution < 1.29 is 4.79 Å². The monoisotopic (exact) mass is 322 g/mol. The number of ketones is 1. The highest BCUT2D eigenvalue weighted by Crippen LogP contribution is 2.34. The molecule has 1 nitrogen and oxygen atoms in total. The van der Waals surface area contributed by atoms with E-state index in [1.165, 1.54) is 10.4 Å². The van der Waals surface area contributed by atoms with E-state index in [1.54, 1.807) is 11.3 Å². The molecule has 0 atom stereocenters. The van der Waals surface area contributed by atoms with Gasteiger partial charge >= 0.3 is 0 Å². The molecule has 3 rings (SSSR count). The van der Waals surface area contributed by atoms with Crippen LogP contribution in [0.15, 0.2) is 18.2 Å². The Bertz CT molecular complexity index is 665. The van der Waals surface area contributed by atoms with Crippen molar-refractivity contribution in [2.75, 3.05) is 5.75 Å². The maximum absolute atomic E-state index is 12.7. The average Bonchev–Trinajstić information content (AvgIpc) is 2.86. The minimum absolute atomic E-state index is 0.0579. The molecule has 0 aliphatic carbocycles. The molecule has 0 bridgehead atoms. The van der Waals surface area contributed by atoms with Gasteiger partial charge in [0.1, 0.15) is 0 Å². The van der Waals surface area contributed by atoms with E-state index in [0.717, 1.165) is 33.9 Å². The van der Waals surface area contributed by atoms with Gasteiger partial charge in [0, 0.05) is 16.2 Å². The SMILES string of the molecule is Cc1cc(Cl)c(C(=O)c2cc3c(s2)CCSC3)cc1C. The average molecular weight is 323 g/mol. The van der Waals surface area contributed by atoms with Gasteiger partial charge in [0.05, 0.1) is 9.90 Å². The summed E-state index contributed by atoms with van der Waals surface area (Å²) in [7, 11) is 0. The zero-order valence-electron chi connectivity index (χ0n) is 11.5. The largest absolute Gasteiger partial charge is 0.288 e. The molecule has 0 saturated carbocycles. The van der Waals surface area contributed by atoms with Crippen LogP contribution in [0.25, 0.3) is 0 Å². The Labute approximate surface area is 132 Å². The summed E-state index contributed by atoms with van der Waals surface area (Å²) >= 11 is 9.82. The standard InChI is InChI=1S/C16H15ClOS2/c1-9-5-12(13(17)6-10(9)2)16(18)15-7-11-8-19-4-3-14(11)20-15/h5-7H,3-4,8H2,1-2H3. The third-order valence-electron chi connectivity index (χ3n) is 3.68. The smallest absolute Gasteiger partial charge is 0.204 e. The normalized spacial score (nSPS) is 14.2. The molecule has 2 heterocycles. The Morgan fingerprint density at radius 1 is 1.20 bits per heavy atom. The zero-order chi connectivity index (χ0) is 14.3. The van der Waals surface area contributed by atoms with E-state index < -0.39 is 0 Å². The number of thioether (sulfide) groups is 1. The molecule has 1 aliphatic heterocycles. The molecule has 0 amide bonds. The quantitative estimate of drug-likeness (QED) is 0.721. The molecule has 0 radical (unpaired) electrons. The number of fused-ring (bicyclic) bond motifs is 1. The lowest BCUT2D eigenvalue weighted by Gasteiger charge is -2.08. The predicted octanol–water partition coefficient (Wildman–Crippen LogP) is 5.04. The first-order valence-corrected chi connectivity index (χ1v) is 8.92. The van der Waals surface area contributed by atoms with Gasteiger partial charge in [-0.25, -0.2) is 0 Å². The van der Waals surface area contributed by atoms with E-state index in [-0.39, 0.29) is 5.78 Å². The van der Waals surface area contributed by atoms with Crippen molar-refractivity contribution in [2.24, 2.45) is 0 Å². The minimum Gasteiger partial charge on any atom is -0.288 e. The molecule has 0 N–H and O–H groups in total. The van der Waals surface area contributed by atoms with E-state index in [2.05, 4.69) is 6.07 Å². The van der Waals surface area contributed by atoms with Crippen molar-refractivity contribution in [3.8, 4) is 0 Å². The van der Waals surface area contributed by atoms with Gasteiger partial charge < -0.3 is 0 Å². The van der Waals surface area contributed by atoms with Crippen LogP contribution in [0.3, 0.4) is 0 Å². The van der Waals surface area contributed by atoms with E-state index in [0.29, 0.717) is 10.6 Å². The van der Waals surface area contributed by atoms with E-state index in [1.807, 2.05) is 37.7 Å². The van der Waals surface area contributed by atoms with Crippen LogP contribution < -0.4 is 0 Å². The molecule has 0 unspecified atom stereocenters. The highest BCUT2D eigenvalue weighted by molar-refractivity contribution is 7.98. The van der Waals surface area contributed by atoms with Gasteiger partial charge in [0.15, 0.2) is 0 Å². The molecule has 4 heteroatoms. The molecule has 0 saturated heterocycles. The Morgan fingerprint density at radius 3 is 2.70 bits per heavy atom. The van der Waals surface area contributed by atoms with Gasteiger partial charge in [0.25, 0.3) is 0 Å². The molecular weight excluding hydrogens is 308 g/mol. The number of carbonyl (C=O) groups is 1. The summed E-state index contributed by atoms with van der Waals surface area (Å²) in [5.74, 6) is 2.24. The summed E-state index contributed by atoms with van der Waals surface area (Å²) in [5.41, 5.74) is 4.18. The summed E-state index contributed by atoms with van der Waals surface area (Å²) in [4.78, 5) is 14.9. The predicted molar refractivity (Wildman–Crippen MR) is 88.5 cm³/mol.